The SMILES string of the molecule is Cc1cccc(NC(=O)N2CC3=C(CN=C3NC(=O)C3([Si](C)(C)C)CCC3)C2(C)C)c1. The van der Waals surface area contributed by atoms with Crippen LogP contribution in [0.3, 0.4) is 0 Å². The molecule has 4 rings (SSSR count). The van der Waals surface area contributed by atoms with Gasteiger partial charge in [0.15, 0.2) is 0 Å². The van der Waals surface area contributed by atoms with Crippen LogP contribution >= 0.6 is 0 Å². The lowest BCUT2D eigenvalue weighted by Crippen LogP contribution is -2.55. The average molecular weight is 439 g/mol. The fraction of sp³-hybridized carbons (Fsp3) is 0.542. The summed E-state index contributed by atoms with van der Waals surface area (Å²) >= 11 is 0. The summed E-state index contributed by atoms with van der Waals surface area (Å²) in [5, 5.41) is 6.01. The van der Waals surface area contributed by atoms with E-state index < -0.39 is 13.6 Å². The van der Waals surface area contributed by atoms with Crippen LogP contribution in [-0.2, 0) is 4.79 Å². The maximum absolute atomic E-state index is 13.3. The molecule has 0 unspecified atom stereocenters. The third kappa shape index (κ3) is 3.52. The Morgan fingerprint density at radius 3 is 2.42 bits per heavy atom. The van der Waals surface area contributed by atoms with Crippen molar-refractivity contribution in [2.24, 2.45) is 4.99 Å². The third-order valence-corrected chi connectivity index (χ3v) is 11.2. The highest BCUT2D eigenvalue weighted by molar-refractivity contribution is 6.82. The number of amides is 3. The van der Waals surface area contributed by atoms with Crippen molar-refractivity contribution in [1.82, 2.24) is 10.2 Å². The highest BCUT2D eigenvalue weighted by atomic mass is 28.3. The first-order valence-corrected chi connectivity index (χ1v) is 14.7. The number of carbonyl (C=O) groups is 2. The number of amidine groups is 1. The predicted molar refractivity (Wildman–Crippen MR) is 128 cm³/mol. The quantitative estimate of drug-likeness (QED) is 0.671. The fourth-order valence-corrected chi connectivity index (χ4v) is 7.77. The van der Waals surface area contributed by atoms with Gasteiger partial charge in [-0.1, -0.05) is 38.2 Å². The van der Waals surface area contributed by atoms with Crippen molar-refractivity contribution in [1.29, 1.82) is 0 Å². The second-order valence-corrected chi connectivity index (χ2v) is 16.2. The van der Waals surface area contributed by atoms with E-state index in [4.69, 9.17) is 0 Å². The number of benzene rings is 1. The second kappa shape index (κ2) is 7.33. The number of rotatable bonds is 3. The van der Waals surface area contributed by atoms with Gasteiger partial charge in [-0.15, -0.1) is 0 Å². The third-order valence-electron chi connectivity index (χ3n) is 7.60. The van der Waals surface area contributed by atoms with Gasteiger partial charge in [0.25, 0.3) is 0 Å². The van der Waals surface area contributed by atoms with Gasteiger partial charge < -0.3 is 15.5 Å². The van der Waals surface area contributed by atoms with E-state index in [-0.39, 0.29) is 17.0 Å². The molecular weight excluding hydrogens is 404 g/mol. The Bertz CT molecular complexity index is 999. The van der Waals surface area contributed by atoms with Gasteiger partial charge in [0, 0.05) is 16.3 Å². The zero-order valence-electron chi connectivity index (χ0n) is 19.6. The van der Waals surface area contributed by atoms with E-state index in [9.17, 15) is 9.59 Å². The summed E-state index contributed by atoms with van der Waals surface area (Å²) in [6, 6.07) is 7.67. The van der Waals surface area contributed by atoms with Gasteiger partial charge in [-0.25, -0.2) is 4.79 Å². The molecule has 0 saturated heterocycles. The molecule has 1 aliphatic carbocycles. The molecule has 1 aromatic rings. The van der Waals surface area contributed by atoms with E-state index in [2.05, 4.69) is 49.1 Å². The molecule has 7 heteroatoms. The molecule has 6 nitrogen and oxygen atoms in total. The zero-order chi connectivity index (χ0) is 22.6. The molecule has 0 aromatic heterocycles. The minimum absolute atomic E-state index is 0.130. The van der Waals surface area contributed by atoms with E-state index in [1.54, 1.807) is 0 Å². The van der Waals surface area contributed by atoms with E-state index in [0.717, 1.165) is 41.7 Å². The van der Waals surface area contributed by atoms with E-state index >= 15 is 0 Å². The van der Waals surface area contributed by atoms with Gasteiger partial charge in [-0.05, 0) is 56.9 Å². The van der Waals surface area contributed by atoms with Crippen LogP contribution < -0.4 is 10.6 Å². The van der Waals surface area contributed by atoms with Crippen molar-refractivity contribution in [2.45, 2.75) is 70.3 Å². The maximum Gasteiger partial charge on any atom is 0.322 e. The van der Waals surface area contributed by atoms with Gasteiger partial charge in [0.2, 0.25) is 5.91 Å². The first-order valence-electron chi connectivity index (χ1n) is 11.2. The monoisotopic (exact) mass is 438 g/mol. The minimum atomic E-state index is -1.66. The Hall–Kier alpha value is -2.41. The number of nitrogens with one attached hydrogen (secondary N) is 2. The zero-order valence-corrected chi connectivity index (χ0v) is 20.6. The molecule has 0 radical (unpaired) electrons. The molecule has 2 aliphatic heterocycles. The molecule has 1 fully saturated rings. The van der Waals surface area contributed by atoms with Crippen LogP contribution in [0.25, 0.3) is 0 Å². The van der Waals surface area contributed by atoms with Gasteiger partial charge in [-0.2, -0.15) is 0 Å². The van der Waals surface area contributed by atoms with Crippen LogP contribution in [-0.4, -0.2) is 49.4 Å². The molecule has 0 spiro atoms. The lowest BCUT2D eigenvalue weighted by Gasteiger charge is -2.49. The Kier molecular flexibility index (Phi) is 5.15. The van der Waals surface area contributed by atoms with Crippen LogP contribution in [0, 0.1) is 6.92 Å². The fourth-order valence-electron chi connectivity index (χ4n) is 5.17. The summed E-state index contributed by atoms with van der Waals surface area (Å²) in [5.41, 5.74) is 3.56. The molecule has 0 atom stereocenters. The summed E-state index contributed by atoms with van der Waals surface area (Å²) in [6.45, 7) is 14.0. The van der Waals surface area contributed by atoms with Crippen LogP contribution in [0.1, 0.15) is 38.7 Å². The molecule has 1 saturated carbocycles. The second-order valence-electron chi connectivity index (χ2n) is 10.7. The van der Waals surface area contributed by atoms with Crippen molar-refractivity contribution < 1.29 is 9.59 Å². The number of anilines is 1. The number of carbonyl (C=O) groups excluding carboxylic acids is 2. The lowest BCUT2D eigenvalue weighted by molar-refractivity contribution is -0.125. The number of hydrogen-bond donors (Lipinski definition) is 2. The van der Waals surface area contributed by atoms with Gasteiger partial charge in [0.05, 0.1) is 26.7 Å². The summed E-state index contributed by atoms with van der Waals surface area (Å²) in [6.07, 6.45) is 3.08. The van der Waals surface area contributed by atoms with Gasteiger partial charge >= 0.3 is 6.03 Å². The summed E-state index contributed by atoms with van der Waals surface area (Å²) < 4.78 is 0. The molecule has 2 N–H and O–H groups in total. The standard InChI is InChI=1S/C24H34N4O2Si/c1-16-9-7-10-17(13-16)26-22(30)28-15-18-19(23(28,2)3)14-25-20(18)27-21(29)24(11-8-12-24)31(4,5)6/h7,9-10,13H,8,11-12,14-15H2,1-6H3,(H,26,30)(H,25,27,29). The van der Waals surface area contributed by atoms with Crippen LogP contribution in [0.15, 0.2) is 40.4 Å². The summed E-state index contributed by atoms with van der Waals surface area (Å²) in [5.74, 6) is 0.800. The Labute approximate surface area is 186 Å². The van der Waals surface area contributed by atoms with Crippen molar-refractivity contribution in [3.8, 4) is 0 Å². The molecular formula is C24H34N4O2Si. The van der Waals surface area contributed by atoms with Gasteiger partial charge in [0.1, 0.15) is 5.84 Å². The number of hydrogen-bond acceptors (Lipinski definition) is 3. The molecule has 3 aliphatic rings. The molecule has 0 bridgehead atoms. The summed E-state index contributed by atoms with van der Waals surface area (Å²) in [4.78, 5) is 32.9. The first kappa shape index (κ1) is 21.8. The van der Waals surface area contributed by atoms with E-state index in [0.29, 0.717) is 18.9 Å². The highest BCUT2D eigenvalue weighted by Gasteiger charge is 2.54. The van der Waals surface area contributed by atoms with E-state index in [1.165, 1.54) is 0 Å². The topological polar surface area (TPSA) is 73.8 Å². The largest absolute Gasteiger partial charge is 0.322 e. The summed E-state index contributed by atoms with van der Waals surface area (Å²) in [7, 11) is -1.66. The normalized spacial score (nSPS) is 21.4. The van der Waals surface area contributed by atoms with Gasteiger partial charge in [-0.3, -0.25) is 9.79 Å². The Morgan fingerprint density at radius 2 is 1.84 bits per heavy atom. The van der Waals surface area contributed by atoms with Crippen LogP contribution in [0.5, 0.6) is 0 Å². The number of aliphatic imine (C=N–C) groups is 1. The number of urea groups is 1. The minimum Gasteiger partial charge on any atom is -0.311 e. The van der Waals surface area contributed by atoms with Crippen LogP contribution in [0.2, 0.25) is 24.7 Å². The predicted octanol–water partition coefficient (Wildman–Crippen LogP) is 4.71. The van der Waals surface area contributed by atoms with Crippen molar-refractivity contribution in [3.05, 3.63) is 41.0 Å². The molecule has 31 heavy (non-hydrogen) atoms. The smallest absolute Gasteiger partial charge is 0.311 e. The molecule has 2 heterocycles. The van der Waals surface area contributed by atoms with Crippen molar-refractivity contribution >= 4 is 31.5 Å². The Balaban J connectivity index is 1.50. The molecule has 3 amide bonds. The number of aryl methyl sites for hydroxylation is 1. The van der Waals surface area contributed by atoms with Crippen LogP contribution in [0.4, 0.5) is 10.5 Å². The maximum atomic E-state index is 13.3. The van der Waals surface area contributed by atoms with Crippen molar-refractivity contribution in [3.63, 3.8) is 0 Å². The lowest BCUT2D eigenvalue weighted by atomic mass is 9.83. The highest BCUT2D eigenvalue weighted by Crippen LogP contribution is 2.55. The van der Waals surface area contributed by atoms with E-state index in [1.807, 2.05) is 36.1 Å². The Morgan fingerprint density at radius 1 is 1.13 bits per heavy atom. The molecule has 1 aromatic carbocycles. The number of nitrogens with zero attached hydrogens (tertiary/aromatic N) is 2. The first-order chi connectivity index (χ1) is 14.5. The average Bonchev–Trinajstić information content (AvgIpc) is 3.11. The molecule has 166 valence electrons. The van der Waals surface area contributed by atoms with Crippen molar-refractivity contribution in [2.75, 3.05) is 18.4 Å².